The lowest BCUT2D eigenvalue weighted by molar-refractivity contribution is -0.155. The van der Waals surface area contributed by atoms with Crippen LogP contribution in [0.15, 0.2) is 24.3 Å². The van der Waals surface area contributed by atoms with Gasteiger partial charge >= 0.3 is 5.97 Å². The lowest BCUT2D eigenvalue weighted by atomic mass is 9.80. The van der Waals surface area contributed by atoms with E-state index in [4.69, 9.17) is 9.47 Å². The number of likely N-dealkylation sites (tertiary alicyclic amines) is 1. The molecule has 1 aliphatic heterocycles. The summed E-state index contributed by atoms with van der Waals surface area (Å²) in [6.07, 6.45) is 1.14. The van der Waals surface area contributed by atoms with Gasteiger partial charge in [0.1, 0.15) is 11.2 Å². The molecule has 6 nitrogen and oxygen atoms in total. The van der Waals surface area contributed by atoms with Crippen LogP contribution in [0.2, 0.25) is 0 Å². The minimum Gasteiger partial charge on any atom is -0.493 e. The van der Waals surface area contributed by atoms with Crippen molar-refractivity contribution < 1.29 is 24.2 Å². The summed E-state index contributed by atoms with van der Waals surface area (Å²) in [6, 6.07) is 7.05. The zero-order chi connectivity index (χ0) is 16.9. The second kappa shape index (κ2) is 7.46. The lowest BCUT2D eigenvalue weighted by Gasteiger charge is -2.39. The van der Waals surface area contributed by atoms with Crippen molar-refractivity contribution in [3.8, 4) is 5.75 Å². The first kappa shape index (κ1) is 17.3. The highest BCUT2D eigenvalue weighted by Gasteiger charge is 2.44. The summed E-state index contributed by atoms with van der Waals surface area (Å²) >= 11 is 0. The quantitative estimate of drug-likeness (QED) is 0.867. The molecule has 1 aromatic carbocycles. The number of benzene rings is 1. The Labute approximate surface area is 136 Å². The van der Waals surface area contributed by atoms with Gasteiger partial charge in [0.2, 0.25) is 0 Å². The van der Waals surface area contributed by atoms with E-state index in [0.29, 0.717) is 37.3 Å². The average molecular weight is 321 g/mol. The molecule has 1 atom stereocenters. The maximum Gasteiger partial charge on any atom is 0.313 e. The molecule has 1 aromatic rings. The van der Waals surface area contributed by atoms with Crippen molar-refractivity contribution in [3.05, 3.63) is 29.8 Å². The van der Waals surface area contributed by atoms with Gasteiger partial charge in [0.25, 0.3) is 5.91 Å². The number of aliphatic carboxylic acids is 1. The molecule has 0 radical (unpaired) electrons. The molecular weight excluding hydrogens is 298 g/mol. The third-order valence-electron chi connectivity index (χ3n) is 4.16. The first-order valence-corrected chi connectivity index (χ1v) is 7.77. The van der Waals surface area contributed by atoms with E-state index in [-0.39, 0.29) is 19.1 Å². The Morgan fingerprint density at radius 3 is 2.74 bits per heavy atom. The van der Waals surface area contributed by atoms with Crippen LogP contribution in [0.1, 0.15) is 30.1 Å². The molecule has 0 saturated carbocycles. The zero-order valence-corrected chi connectivity index (χ0v) is 13.6. The molecule has 0 spiro atoms. The Bertz CT molecular complexity index is 570. The van der Waals surface area contributed by atoms with E-state index in [1.54, 1.807) is 23.1 Å². The van der Waals surface area contributed by atoms with Gasteiger partial charge in [0, 0.05) is 20.2 Å². The first-order chi connectivity index (χ1) is 11.0. The highest BCUT2D eigenvalue weighted by atomic mass is 16.5. The van der Waals surface area contributed by atoms with Gasteiger partial charge < -0.3 is 19.5 Å². The fourth-order valence-electron chi connectivity index (χ4n) is 3.03. The summed E-state index contributed by atoms with van der Waals surface area (Å²) in [5.41, 5.74) is -0.573. The van der Waals surface area contributed by atoms with Crippen LogP contribution in [0.3, 0.4) is 0 Å². The second-order valence-electron chi connectivity index (χ2n) is 5.78. The van der Waals surface area contributed by atoms with Crippen LogP contribution in [-0.2, 0) is 9.53 Å². The van der Waals surface area contributed by atoms with Crippen LogP contribution in [0.25, 0.3) is 0 Å². The van der Waals surface area contributed by atoms with E-state index in [1.807, 2.05) is 13.0 Å². The van der Waals surface area contributed by atoms with Crippen molar-refractivity contribution in [1.82, 2.24) is 4.90 Å². The molecule has 1 saturated heterocycles. The van der Waals surface area contributed by atoms with Gasteiger partial charge in [0.05, 0.1) is 18.8 Å². The number of amides is 1. The van der Waals surface area contributed by atoms with Gasteiger partial charge in [-0.05, 0) is 31.9 Å². The molecule has 1 heterocycles. The predicted octanol–water partition coefficient (Wildman–Crippen LogP) is 2.04. The number of ether oxygens (including phenoxy) is 2. The molecule has 1 N–H and O–H groups in total. The van der Waals surface area contributed by atoms with Crippen LogP contribution in [0, 0.1) is 5.41 Å². The minimum absolute atomic E-state index is 0.0964. The maximum atomic E-state index is 12.8. The number of carboxylic acid groups (broad SMARTS) is 1. The van der Waals surface area contributed by atoms with Gasteiger partial charge in [-0.2, -0.15) is 0 Å². The number of nitrogens with zero attached hydrogens (tertiary/aromatic N) is 1. The third-order valence-corrected chi connectivity index (χ3v) is 4.16. The molecule has 1 unspecified atom stereocenters. The van der Waals surface area contributed by atoms with Gasteiger partial charge in [0.15, 0.2) is 0 Å². The van der Waals surface area contributed by atoms with Crippen molar-refractivity contribution in [2.24, 2.45) is 5.41 Å². The van der Waals surface area contributed by atoms with Crippen molar-refractivity contribution >= 4 is 11.9 Å². The number of carbonyl (C=O) groups excluding carboxylic acids is 1. The monoisotopic (exact) mass is 321 g/mol. The fourth-order valence-corrected chi connectivity index (χ4v) is 3.03. The molecule has 1 amide bonds. The second-order valence-corrected chi connectivity index (χ2v) is 5.78. The highest BCUT2D eigenvalue weighted by molar-refractivity contribution is 5.97. The summed E-state index contributed by atoms with van der Waals surface area (Å²) in [5.74, 6) is -0.594. The number of rotatable bonds is 6. The molecule has 0 aromatic heterocycles. The van der Waals surface area contributed by atoms with E-state index >= 15 is 0 Å². The van der Waals surface area contributed by atoms with Crippen molar-refractivity contribution in [2.75, 3.05) is 33.4 Å². The average Bonchev–Trinajstić information content (AvgIpc) is 2.55. The summed E-state index contributed by atoms with van der Waals surface area (Å²) in [5, 5.41) is 9.59. The number of piperidine rings is 1. The molecule has 1 aliphatic rings. The standard InChI is InChI=1S/C17H23NO5/c1-3-23-14-8-5-4-7-13(14)15(19)18-10-6-9-17(11-18,12-22-2)16(20)21/h4-5,7-8H,3,6,9-12H2,1-2H3,(H,20,21). The third kappa shape index (κ3) is 3.64. The Hall–Kier alpha value is -2.08. The number of carbonyl (C=O) groups is 2. The van der Waals surface area contributed by atoms with Crippen molar-refractivity contribution in [2.45, 2.75) is 19.8 Å². The summed E-state index contributed by atoms with van der Waals surface area (Å²) in [4.78, 5) is 26.1. The number of hydrogen-bond acceptors (Lipinski definition) is 4. The van der Waals surface area contributed by atoms with Crippen LogP contribution < -0.4 is 4.74 Å². The summed E-state index contributed by atoms with van der Waals surface area (Å²) in [6.45, 7) is 3.11. The van der Waals surface area contributed by atoms with Crippen LogP contribution in [0.5, 0.6) is 5.75 Å². The van der Waals surface area contributed by atoms with Crippen LogP contribution in [-0.4, -0.2) is 55.3 Å². The highest BCUT2D eigenvalue weighted by Crippen LogP contribution is 2.32. The Kier molecular flexibility index (Phi) is 5.60. The lowest BCUT2D eigenvalue weighted by Crippen LogP contribution is -2.52. The zero-order valence-electron chi connectivity index (χ0n) is 13.6. The summed E-state index contributed by atoms with van der Waals surface area (Å²) in [7, 11) is 1.48. The number of para-hydroxylation sites is 1. The maximum absolute atomic E-state index is 12.8. The Balaban J connectivity index is 2.24. The molecule has 126 valence electrons. The molecule has 6 heteroatoms. The Morgan fingerprint density at radius 1 is 1.35 bits per heavy atom. The molecular formula is C17H23NO5. The SMILES string of the molecule is CCOc1ccccc1C(=O)N1CCCC(COC)(C(=O)O)C1. The van der Waals surface area contributed by atoms with Gasteiger partial charge in [-0.1, -0.05) is 12.1 Å². The normalized spacial score (nSPS) is 21.0. The topological polar surface area (TPSA) is 76.1 Å². The van der Waals surface area contributed by atoms with Gasteiger partial charge in [-0.15, -0.1) is 0 Å². The van der Waals surface area contributed by atoms with E-state index in [1.165, 1.54) is 7.11 Å². The smallest absolute Gasteiger partial charge is 0.313 e. The van der Waals surface area contributed by atoms with Crippen molar-refractivity contribution in [1.29, 1.82) is 0 Å². The predicted molar refractivity (Wildman–Crippen MR) is 84.7 cm³/mol. The number of carboxylic acids is 1. The Morgan fingerprint density at radius 2 is 2.09 bits per heavy atom. The number of hydrogen-bond donors (Lipinski definition) is 1. The molecule has 0 aliphatic carbocycles. The van der Waals surface area contributed by atoms with Gasteiger partial charge in [-0.3, -0.25) is 9.59 Å². The van der Waals surface area contributed by atoms with E-state index in [2.05, 4.69) is 0 Å². The fraction of sp³-hybridized carbons (Fsp3) is 0.529. The molecule has 0 bridgehead atoms. The molecule has 1 fully saturated rings. The first-order valence-electron chi connectivity index (χ1n) is 7.77. The van der Waals surface area contributed by atoms with E-state index in [0.717, 1.165) is 0 Å². The van der Waals surface area contributed by atoms with Gasteiger partial charge in [-0.25, -0.2) is 0 Å². The molecule has 2 rings (SSSR count). The van der Waals surface area contributed by atoms with Crippen molar-refractivity contribution in [3.63, 3.8) is 0 Å². The largest absolute Gasteiger partial charge is 0.493 e. The molecule has 23 heavy (non-hydrogen) atoms. The van der Waals surface area contributed by atoms with Crippen LogP contribution in [0.4, 0.5) is 0 Å². The minimum atomic E-state index is -1.04. The van der Waals surface area contributed by atoms with E-state index in [9.17, 15) is 14.7 Å². The summed E-state index contributed by atoms with van der Waals surface area (Å²) < 4.78 is 10.6. The van der Waals surface area contributed by atoms with Crippen LogP contribution >= 0.6 is 0 Å². The number of methoxy groups -OCH3 is 1. The van der Waals surface area contributed by atoms with E-state index < -0.39 is 11.4 Å².